The summed E-state index contributed by atoms with van der Waals surface area (Å²) in [7, 11) is 0. The third kappa shape index (κ3) is 57.2. The molecule has 0 aliphatic heterocycles. The van der Waals surface area contributed by atoms with Gasteiger partial charge >= 0.3 is 53.7 Å². The summed E-state index contributed by atoms with van der Waals surface area (Å²) in [6.45, 7) is 46.9. The Morgan fingerprint density at radius 1 is 0.468 bits per heavy atom. The second kappa shape index (κ2) is 71.5. The van der Waals surface area contributed by atoms with Crippen LogP contribution in [0.2, 0.25) is 25.1 Å². The number of esters is 9. The van der Waals surface area contributed by atoms with Crippen LogP contribution in [0.5, 0.6) is 23.0 Å². The molecule has 0 N–H and O–H groups in total. The lowest BCUT2D eigenvalue weighted by molar-refractivity contribution is -0.482. The van der Waals surface area contributed by atoms with E-state index in [-0.39, 0.29) is 97.0 Å². The van der Waals surface area contributed by atoms with Crippen molar-refractivity contribution in [1.29, 1.82) is 0 Å². The highest BCUT2D eigenvalue weighted by atomic mass is 79.9. The molecule has 2 saturated carbocycles. The summed E-state index contributed by atoms with van der Waals surface area (Å²) in [6, 6.07) is 13.0. The zero-order valence-electron chi connectivity index (χ0n) is 71.4. The van der Waals surface area contributed by atoms with Gasteiger partial charge in [-0.25, -0.2) is 43.2 Å². The largest absolute Gasteiger partial charge is 0.463 e. The van der Waals surface area contributed by atoms with Crippen molar-refractivity contribution in [2.24, 2.45) is 23.2 Å². The zero-order valence-corrected chi connectivity index (χ0v) is 83.1. The monoisotopic (exact) mass is 2140 g/mol. The van der Waals surface area contributed by atoms with Crippen LogP contribution in [0.3, 0.4) is 0 Å². The topological polar surface area (TPSA) is 323 Å². The van der Waals surface area contributed by atoms with Crippen molar-refractivity contribution in [1.82, 2.24) is 0 Å². The Morgan fingerprint density at radius 3 is 1.34 bits per heavy atom. The Bertz CT molecular complexity index is 3990. The minimum atomic E-state index is -0.738. The molecule has 4 unspecified atom stereocenters. The van der Waals surface area contributed by atoms with Gasteiger partial charge in [-0.05, 0) is 191 Å². The van der Waals surface area contributed by atoms with E-state index in [2.05, 4.69) is 171 Å². The molecule has 4 aromatic carbocycles. The van der Waals surface area contributed by atoms with E-state index in [9.17, 15) is 63.4 Å². The van der Waals surface area contributed by atoms with Gasteiger partial charge in [-0.15, -0.1) is 0 Å². The first-order valence-corrected chi connectivity index (χ1v) is 45.2. The SMILES string of the molecule is C=CC(=O)OC(C)CCCCCC.C=CC(=O)OC1CC2CCC1C2.C=CC(=O)OCC(C)(C)C.C=CC(=O)OCCCCCC(C)C.C=CC(=O)OCC[N+](=O)[O-].C=CC(=O)Oc1c(Br)c(Br)c(Br)c(Br)c1Br.C=CC(=O)Oc1c(Cl)c(Cl)c(Cl)c(Cl)c1Cl.C=CC(=O)Oc1ccc([N+](=O)[O-])cc1.C=CC(=O)Oc1ccccc1CCCCCCCCC. The standard InChI is InChI=1S/C18H26O2.2C11H20O2.C10H14O2.C9H3Br5O2.C9H3Cl5O2.C9H7NO4.C8H14O2.C5H7NO4/c1-3-5-6-7-8-9-10-13-16-14-11-12-15-17(16)20-18(19)4-2;1-4-11(12)13-9-7-5-6-8-10(2)3;1-4-6-7-8-9-10(3)13-11(12)5-2;1-2-10(11)12-9-6-7-3-4-8(9)5-7;2*1-2-3(15)16-9-7(13)5(11)4(10)6(12)8(9)14;1-2-9(11)14-8-5-3-7(4-6-8)10(12)13;1-5-7(9)10-6-8(2,3)4;1-2-5(7)10-4-3-6(8)9/h4,11-12,14-15H,2-3,5-10,13H2,1H3;4,10H,1,5-9H2,2-3H3;5,10H,2,4,6-9H2,1,3H3;2,7-9H,1,3-6H2;2*2H,1H2;2-6H,1H2;5H,1,6H2,2-4H3;2H,1,3-4H2. The number of ether oxygens (including phenoxy) is 9. The number of nitro groups is 2. The summed E-state index contributed by atoms with van der Waals surface area (Å²) in [5.41, 5.74) is 1.10. The minimum Gasteiger partial charge on any atom is -0.463 e. The molecule has 0 radical (unpaired) electrons. The van der Waals surface area contributed by atoms with E-state index >= 15 is 0 Å². The van der Waals surface area contributed by atoms with Crippen LogP contribution in [-0.4, -0.2) is 102 Å². The van der Waals surface area contributed by atoms with Gasteiger partial charge in [0, 0.05) is 76.2 Å². The number of aryl methyl sites for hydroxylation is 1. The van der Waals surface area contributed by atoms with Crippen molar-refractivity contribution in [3.05, 3.63) is 236 Å². The molecule has 2 bridgehead atoms. The molecule has 0 spiro atoms. The number of fused-ring (bicyclic) bond motifs is 2. The number of hydrogen-bond donors (Lipinski definition) is 0. The summed E-state index contributed by atoms with van der Waals surface area (Å²) >= 11 is 45.7. The quantitative estimate of drug-likeness (QED) is 0.00461. The normalized spacial score (nSPS) is 12.8. The minimum absolute atomic E-state index is 0.00302. The zero-order chi connectivity index (χ0) is 95.0. The fraction of sp³-hybridized carbons (Fsp3) is 0.433. The van der Waals surface area contributed by atoms with E-state index in [1.54, 1.807) is 0 Å². The molecule has 6 rings (SSSR count). The number of carbonyl (C=O) groups excluding carboxylic acids is 9. The molecule has 4 atom stereocenters. The number of benzene rings is 4. The third-order valence-electron chi connectivity index (χ3n) is 16.3. The van der Waals surface area contributed by atoms with Crippen LogP contribution in [0.4, 0.5) is 5.69 Å². The number of rotatable bonds is 39. The Labute approximate surface area is 796 Å². The first kappa shape index (κ1) is 121. The molecule has 0 saturated heterocycles. The first-order valence-electron chi connectivity index (χ1n) is 39.4. The van der Waals surface area contributed by atoms with Crippen LogP contribution in [0.25, 0.3) is 0 Å². The van der Waals surface area contributed by atoms with Gasteiger partial charge in [0.1, 0.15) is 27.6 Å². The van der Waals surface area contributed by atoms with Crippen LogP contribution in [0.15, 0.2) is 185 Å². The van der Waals surface area contributed by atoms with Gasteiger partial charge in [0.2, 0.25) is 6.54 Å². The molecule has 0 amide bonds. The van der Waals surface area contributed by atoms with E-state index < -0.39 is 39.7 Å². The molecular formula is C90H114Br5Cl5N2O22. The number of carbonyl (C=O) groups is 9. The van der Waals surface area contributed by atoms with Gasteiger partial charge in [0.15, 0.2) is 18.1 Å². The number of halogens is 10. The van der Waals surface area contributed by atoms with Gasteiger partial charge in [0.05, 0.1) is 57.2 Å². The average Bonchev–Trinajstić information content (AvgIpc) is 1.14. The van der Waals surface area contributed by atoms with Gasteiger partial charge < -0.3 is 42.6 Å². The maximum atomic E-state index is 11.3. The molecule has 124 heavy (non-hydrogen) atoms. The Kier molecular flexibility index (Phi) is 69.5. The molecule has 2 aliphatic rings. The number of unbranched alkanes of at least 4 members (excludes halogenated alkanes) is 11. The average molecular weight is 2150 g/mol. The van der Waals surface area contributed by atoms with Crippen LogP contribution in [0, 0.1) is 43.4 Å². The molecule has 2 fully saturated rings. The molecule has 0 heterocycles. The molecule has 686 valence electrons. The van der Waals surface area contributed by atoms with Gasteiger partial charge in [-0.3, -0.25) is 20.2 Å². The number of non-ortho nitro benzene ring substituents is 1. The summed E-state index contributed by atoms with van der Waals surface area (Å²) < 4.78 is 47.6. The number of hydrogen-bond acceptors (Lipinski definition) is 22. The lowest BCUT2D eigenvalue weighted by atomic mass is 9.98. The highest BCUT2D eigenvalue weighted by Gasteiger charge is 2.41. The molecule has 2 aliphatic carbocycles. The van der Waals surface area contributed by atoms with E-state index in [0.29, 0.717) is 39.6 Å². The van der Waals surface area contributed by atoms with Gasteiger partial charge in [0.25, 0.3) is 5.69 Å². The Balaban J connectivity index is -0.00000134. The molecule has 34 heteroatoms. The van der Waals surface area contributed by atoms with Crippen LogP contribution in [-0.2, 0) is 73.3 Å². The van der Waals surface area contributed by atoms with Crippen molar-refractivity contribution in [3.8, 4) is 23.0 Å². The van der Waals surface area contributed by atoms with E-state index in [0.717, 1.165) is 100 Å². The van der Waals surface area contributed by atoms with Crippen molar-refractivity contribution < 1.29 is 95.6 Å². The van der Waals surface area contributed by atoms with Crippen molar-refractivity contribution in [3.63, 3.8) is 0 Å². The van der Waals surface area contributed by atoms with Crippen molar-refractivity contribution in [2.45, 2.75) is 202 Å². The van der Waals surface area contributed by atoms with Crippen LogP contribution < -0.4 is 18.9 Å². The summed E-state index contributed by atoms with van der Waals surface area (Å²) in [5.74, 6) is -0.719. The molecular weight excluding hydrogens is 2040 g/mol. The first-order chi connectivity index (χ1) is 58.5. The second-order valence-corrected chi connectivity index (χ2v) is 34.0. The smallest absolute Gasteiger partial charge is 0.335 e. The fourth-order valence-electron chi connectivity index (χ4n) is 10.0. The van der Waals surface area contributed by atoms with Crippen molar-refractivity contribution >= 4 is 197 Å². The predicted octanol–water partition coefficient (Wildman–Crippen LogP) is 27.1. The van der Waals surface area contributed by atoms with E-state index in [4.69, 9.17) is 95.9 Å². The number of nitro benzene ring substituents is 1. The van der Waals surface area contributed by atoms with Gasteiger partial charge in [-0.2, -0.15) is 0 Å². The summed E-state index contributed by atoms with van der Waals surface area (Å²) in [4.78, 5) is 116. The van der Waals surface area contributed by atoms with E-state index in [1.165, 1.54) is 145 Å². The van der Waals surface area contributed by atoms with Crippen LogP contribution >= 0.6 is 138 Å². The second-order valence-electron chi connectivity index (χ2n) is 28.1. The summed E-state index contributed by atoms with van der Waals surface area (Å²) in [6.07, 6.45) is 35.6. The maximum absolute atomic E-state index is 11.3. The Morgan fingerprint density at radius 2 is 0.887 bits per heavy atom. The number of para-hydroxylation sites is 1. The highest BCUT2D eigenvalue weighted by molar-refractivity contribution is 9.15. The van der Waals surface area contributed by atoms with Crippen LogP contribution in [0.1, 0.15) is 189 Å². The lowest BCUT2D eigenvalue weighted by Gasteiger charge is -2.20. The fourth-order valence-corrected chi connectivity index (χ4v) is 14.4. The third-order valence-corrected chi connectivity index (χ3v) is 24.6. The predicted molar refractivity (Wildman–Crippen MR) is 509 cm³/mol. The highest BCUT2D eigenvalue weighted by Crippen LogP contribution is 2.50. The van der Waals surface area contributed by atoms with E-state index in [1.807, 2.05) is 52.0 Å². The lowest BCUT2D eigenvalue weighted by Crippen LogP contribution is -2.22. The van der Waals surface area contributed by atoms with Crippen molar-refractivity contribution in [2.75, 3.05) is 26.4 Å². The molecule has 0 aromatic heterocycles. The van der Waals surface area contributed by atoms with Gasteiger partial charge in [-0.1, -0.05) is 261 Å². The molecule has 4 aromatic rings. The Hall–Kier alpha value is -7.58. The molecule has 24 nitrogen and oxygen atoms in total. The maximum Gasteiger partial charge on any atom is 0.335 e. The number of nitrogens with zero attached hydrogens (tertiary/aromatic N) is 2. The summed E-state index contributed by atoms with van der Waals surface area (Å²) in [5, 5.41) is 19.7.